The smallest absolute Gasteiger partial charge is 0.163 e. The van der Waals surface area contributed by atoms with E-state index in [0.29, 0.717) is 24.1 Å². The molecule has 1 aromatic carbocycles. The van der Waals surface area contributed by atoms with Gasteiger partial charge in [0.1, 0.15) is 0 Å². The van der Waals surface area contributed by atoms with Gasteiger partial charge in [0.05, 0.1) is 0 Å². The minimum atomic E-state index is -0.752. The van der Waals surface area contributed by atoms with Crippen LogP contribution in [0, 0.1) is 17.6 Å². The lowest BCUT2D eigenvalue weighted by molar-refractivity contribution is 0.155. The van der Waals surface area contributed by atoms with Crippen LogP contribution in [0.2, 0.25) is 0 Å². The molecule has 0 aliphatic carbocycles. The molecule has 1 aromatic rings. The van der Waals surface area contributed by atoms with Gasteiger partial charge >= 0.3 is 0 Å². The monoisotopic (exact) mass is 282 g/mol. The number of rotatable bonds is 5. The summed E-state index contributed by atoms with van der Waals surface area (Å²) in [6, 6.07) is 4.95. The highest BCUT2D eigenvalue weighted by molar-refractivity contribution is 5.18. The zero-order valence-electron chi connectivity index (χ0n) is 12.3. The number of nitrogens with one attached hydrogen (secondary N) is 1. The van der Waals surface area contributed by atoms with E-state index in [9.17, 15) is 8.78 Å². The van der Waals surface area contributed by atoms with E-state index in [-0.39, 0.29) is 0 Å². The van der Waals surface area contributed by atoms with Crippen molar-refractivity contribution in [1.29, 1.82) is 0 Å². The third-order valence-electron chi connectivity index (χ3n) is 4.29. The quantitative estimate of drug-likeness (QED) is 0.892. The average Bonchev–Trinajstić information content (AvgIpc) is 2.45. The summed E-state index contributed by atoms with van der Waals surface area (Å²) in [5.74, 6) is -0.766. The van der Waals surface area contributed by atoms with E-state index >= 15 is 0 Å². The summed E-state index contributed by atoms with van der Waals surface area (Å²) in [7, 11) is 0. The van der Waals surface area contributed by atoms with Crippen LogP contribution >= 0.6 is 0 Å². The van der Waals surface area contributed by atoms with Crippen molar-refractivity contribution in [2.45, 2.75) is 39.3 Å². The van der Waals surface area contributed by atoms with Crippen LogP contribution in [0.15, 0.2) is 18.2 Å². The fraction of sp³-hybridized carbons (Fsp3) is 0.625. The molecule has 1 N–H and O–H groups in total. The molecule has 0 radical (unpaired) electrons. The van der Waals surface area contributed by atoms with Crippen molar-refractivity contribution >= 4 is 0 Å². The Balaban J connectivity index is 1.87. The van der Waals surface area contributed by atoms with Gasteiger partial charge in [0.2, 0.25) is 0 Å². The molecule has 1 fully saturated rings. The summed E-state index contributed by atoms with van der Waals surface area (Å²) in [4.78, 5) is 2.22. The molecule has 4 heteroatoms. The fourth-order valence-electron chi connectivity index (χ4n) is 3.01. The molecule has 1 atom stereocenters. The van der Waals surface area contributed by atoms with Gasteiger partial charge in [-0.15, -0.1) is 0 Å². The molecule has 2 rings (SSSR count). The lowest BCUT2D eigenvalue weighted by Gasteiger charge is -2.35. The molecule has 1 saturated heterocycles. The summed E-state index contributed by atoms with van der Waals surface area (Å²) >= 11 is 0. The first-order valence-electron chi connectivity index (χ1n) is 7.50. The summed E-state index contributed by atoms with van der Waals surface area (Å²) in [6.45, 7) is 7.77. The summed E-state index contributed by atoms with van der Waals surface area (Å²) < 4.78 is 26.8. The molecular weight excluding hydrogens is 258 g/mol. The molecule has 1 aliphatic heterocycles. The van der Waals surface area contributed by atoms with Crippen molar-refractivity contribution in [3.8, 4) is 0 Å². The van der Waals surface area contributed by atoms with Gasteiger partial charge in [-0.1, -0.05) is 19.1 Å². The Morgan fingerprint density at radius 1 is 1.30 bits per heavy atom. The van der Waals surface area contributed by atoms with Crippen LogP contribution in [-0.4, -0.2) is 30.6 Å². The molecule has 112 valence electrons. The van der Waals surface area contributed by atoms with E-state index in [4.69, 9.17) is 0 Å². The van der Waals surface area contributed by atoms with Gasteiger partial charge in [-0.25, -0.2) is 8.78 Å². The minimum absolute atomic E-state index is 0.461. The molecule has 1 unspecified atom stereocenters. The first-order chi connectivity index (χ1) is 9.61. The molecule has 20 heavy (non-hydrogen) atoms. The van der Waals surface area contributed by atoms with Crippen LogP contribution in [0.1, 0.15) is 32.3 Å². The van der Waals surface area contributed by atoms with E-state index in [1.54, 1.807) is 12.1 Å². The zero-order chi connectivity index (χ0) is 14.5. The van der Waals surface area contributed by atoms with E-state index in [1.807, 2.05) is 0 Å². The highest BCUT2D eigenvalue weighted by Gasteiger charge is 2.24. The molecule has 0 bridgehead atoms. The second-order valence-corrected chi connectivity index (χ2v) is 5.67. The Kier molecular flexibility index (Phi) is 5.49. The molecule has 0 aromatic heterocycles. The van der Waals surface area contributed by atoms with E-state index in [0.717, 1.165) is 32.5 Å². The Morgan fingerprint density at radius 3 is 2.65 bits per heavy atom. The summed E-state index contributed by atoms with van der Waals surface area (Å²) in [5, 5.41) is 3.47. The van der Waals surface area contributed by atoms with Gasteiger partial charge in [0.15, 0.2) is 11.6 Å². The van der Waals surface area contributed by atoms with Crippen molar-refractivity contribution < 1.29 is 8.78 Å². The van der Waals surface area contributed by atoms with Gasteiger partial charge in [-0.3, -0.25) is 4.90 Å². The van der Waals surface area contributed by atoms with Crippen molar-refractivity contribution in [2.75, 3.05) is 19.6 Å². The molecule has 0 spiro atoms. The lowest BCUT2D eigenvalue weighted by Crippen LogP contribution is -2.41. The Labute approximate surface area is 120 Å². The maximum atomic E-state index is 13.7. The van der Waals surface area contributed by atoms with Gasteiger partial charge in [-0.2, -0.15) is 0 Å². The zero-order valence-corrected chi connectivity index (χ0v) is 12.3. The number of likely N-dealkylation sites (tertiary alicyclic amines) is 1. The standard InChI is InChI=1S/C16H24F2N2/c1-3-19-12(2)13-7-9-20(10-8-13)11-14-5-4-6-15(17)16(14)18/h4-6,12-13,19H,3,7-11H2,1-2H3. The second kappa shape index (κ2) is 7.14. The maximum absolute atomic E-state index is 13.7. The van der Waals surface area contributed by atoms with Crippen molar-refractivity contribution in [3.05, 3.63) is 35.4 Å². The summed E-state index contributed by atoms with van der Waals surface area (Å²) in [6.07, 6.45) is 2.23. The number of piperidine rings is 1. The molecule has 0 amide bonds. The van der Waals surface area contributed by atoms with Gasteiger partial charge < -0.3 is 5.32 Å². The van der Waals surface area contributed by atoms with Crippen LogP contribution in [0.5, 0.6) is 0 Å². The largest absolute Gasteiger partial charge is 0.314 e. The Bertz CT molecular complexity index is 428. The Morgan fingerprint density at radius 2 is 2.00 bits per heavy atom. The average molecular weight is 282 g/mol. The van der Waals surface area contributed by atoms with E-state index in [2.05, 4.69) is 24.1 Å². The number of hydrogen-bond donors (Lipinski definition) is 1. The number of benzene rings is 1. The van der Waals surface area contributed by atoms with Crippen LogP contribution in [0.4, 0.5) is 8.78 Å². The minimum Gasteiger partial charge on any atom is -0.314 e. The van der Waals surface area contributed by atoms with Crippen molar-refractivity contribution in [2.24, 2.45) is 5.92 Å². The van der Waals surface area contributed by atoms with E-state index < -0.39 is 11.6 Å². The topological polar surface area (TPSA) is 15.3 Å². The predicted octanol–water partition coefficient (Wildman–Crippen LogP) is 3.17. The molecular formula is C16H24F2N2. The van der Waals surface area contributed by atoms with Crippen LogP contribution < -0.4 is 5.32 Å². The first-order valence-corrected chi connectivity index (χ1v) is 7.50. The van der Waals surface area contributed by atoms with Crippen molar-refractivity contribution in [1.82, 2.24) is 10.2 Å². The molecule has 1 heterocycles. The SMILES string of the molecule is CCNC(C)C1CCN(Cc2cccc(F)c2F)CC1. The van der Waals surface area contributed by atoms with Crippen LogP contribution in [-0.2, 0) is 6.54 Å². The molecule has 2 nitrogen and oxygen atoms in total. The van der Waals surface area contributed by atoms with Gasteiger partial charge in [-0.05, 0) is 51.4 Å². The van der Waals surface area contributed by atoms with E-state index in [1.165, 1.54) is 6.07 Å². The lowest BCUT2D eigenvalue weighted by atomic mass is 9.90. The highest BCUT2D eigenvalue weighted by Crippen LogP contribution is 2.23. The number of hydrogen-bond acceptors (Lipinski definition) is 2. The number of halogens is 2. The second-order valence-electron chi connectivity index (χ2n) is 5.67. The summed E-state index contributed by atoms with van der Waals surface area (Å²) in [5.41, 5.74) is 0.461. The Hall–Kier alpha value is -1.00. The molecule has 1 aliphatic rings. The fourth-order valence-corrected chi connectivity index (χ4v) is 3.01. The first kappa shape index (κ1) is 15.4. The maximum Gasteiger partial charge on any atom is 0.163 e. The van der Waals surface area contributed by atoms with Gasteiger partial charge in [0, 0.05) is 18.2 Å². The van der Waals surface area contributed by atoms with Gasteiger partial charge in [0.25, 0.3) is 0 Å². The highest BCUT2D eigenvalue weighted by atomic mass is 19.2. The number of nitrogens with zero attached hydrogens (tertiary/aromatic N) is 1. The predicted molar refractivity (Wildman–Crippen MR) is 77.5 cm³/mol. The van der Waals surface area contributed by atoms with Crippen LogP contribution in [0.3, 0.4) is 0 Å². The van der Waals surface area contributed by atoms with Crippen LogP contribution in [0.25, 0.3) is 0 Å². The normalized spacial score (nSPS) is 19.2. The molecule has 0 saturated carbocycles. The third kappa shape index (κ3) is 3.76. The van der Waals surface area contributed by atoms with Crippen molar-refractivity contribution in [3.63, 3.8) is 0 Å². The third-order valence-corrected chi connectivity index (χ3v) is 4.29.